The van der Waals surface area contributed by atoms with E-state index >= 15 is 0 Å². The number of piperidine rings is 1. The van der Waals surface area contributed by atoms with Gasteiger partial charge in [-0.15, -0.1) is 0 Å². The molecule has 1 aliphatic rings. The highest BCUT2D eigenvalue weighted by atomic mass is 15.1. The van der Waals surface area contributed by atoms with E-state index in [4.69, 9.17) is 4.98 Å². The van der Waals surface area contributed by atoms with Gasteiger partial charge in [-0.3, -0.25) is 9.97 Å². The Hall–Kier alpha value is -2.75. The third kappa shape index (κ3) is 3.13. The van der Waals surface area contributed by atoms with Crippen molar-refractivity contribution in [2.45, 2.75) is 19.3 Å². The van der Waals surface area contributed by atoms with Gasteiger partial charge in [-0.05, 0) is 55.7 Å². The van der Waals surface area contributed by atoms with Gasteiger partial charge in [0.1, 0.15) is 0 Å². The molecule has 0 radical (unpaired) electrons. The Morgan fingerprint density at radius 1 is 0.667 bits per heavy atom. The SMILES string of the molecule is c1ccc(-c2cc(N3CCCCC3)cc(-c3ccccn3)n2)nc1. The number of aromatic nitrogens is 3. The summed E-state index contributed by atoms with van der Waals surface area (Å²) in [4.78, 5) is 16.2. The molecule has 120 valence electrons. The van der Waals surface area contributed by atoms with Crippen molar-refractivity contribution >= 4 is 5.69 Å². The Morgan fingerprint density at radius 3 is 1.75 bits per heavy atom. The molecule has 1 saturated heterocycles. The summed E-state index contributed by atoms with van der Waals surface area (Å²) in [5.74, 6) is 0. The maximum atomic E-state index is 4.82. The Labute approximate surface area is 142 Å². The zero-order chi connectivity index (χ0) is 16.2. The maximum absolute atomic E-state index is 4.82. The average molecular weight is 316 g/mol. The summed E-state index contributed by atoms with van der Waals surface area (Å²) in [5.41, 5.74) is 4.81. The van der Waals surface area contributed by atoms with Gasteiger partial charge in [0, 0.05) is 31.2 Å². The van der Waals surface area contributed by atoms with Crippen molar-refractivity contribution in [1.82, 2.24) is 15.0 Å². The average Bonchev–Trinajstić information content (AvgIpc) is 2.70. The fourth-order valence-electron chi connectivity index (χ4n) is 3.14. The number of nitrogens with zero attached hydrogens (tertiary/aromatic N) is 4. The second kappa shape index (κ2) is 6.79. The van der Waals surface area contributed by atoms with E-state index in [1.807, 2.05) is 48.8 Å². The summed E-state index contributed by atoms with van der Waals surface area (Å²) in [5, 5.41) is 0. The van der Waals surface area contributed by atoms with E-state index in [0.717, 1.165) is 35.9 Å². The quantitative estimate of drug-likeness (QED) is 0.726. The summed E-state index contributed by atoms with van der Waals surface area (Å²) in [6, 6.07) is 16.2. The van der Waals surface area contributed by atoms with Crippen molar-refractivity contribution in [2.24, 2.45) is 0 Å². The molecule has 0 aromatic carbocycles. The molecule has 4 nitrogen and oxygen atoms in total. The van der Waals surface area contributed by atoms with Gasteiger partial charge in [-0.1, -0.05) is 12.1 Å². The molecule has 0 saturated carbocycles. The van der Waals surface area contributed by atoms with Gasteiger partial charge in [0.15, 0.2) is 0 Å². The van der Waals surface area contributed by atoms with E-state index in [0.29, 0.717) is 0 Å². The molecular formula is C20H20N4. The molecular weight excluding hydrogens is 296 g/mol. The van der Waals surface area contributed by atoms with Crippen molar-refractivity contribution in [1.29, 1.82) is 0 Å². The van der Waals surface area contributed by atoms with E-state index in [-0.39, 0.29) is 0 Å². The van der Waals surface area contributed by atoms with Crippen LogP contribution in [0.25, 0.3) is 22.8 Å². The molecule has 3 aromatic heterocycles. The smallest absolute Gasteiger partial charge is 0.0914 e. The largest absolute Gasteiger partial charge is 0.371 e. The van der Waals surface area contributed by atoms with E-state index in [2.05, 4.69) is 27.0 Å². The lowest BCUT2D eigenvalue weighted by atomic mass is 10.1. The zero-order valence-corrected chi connectivity index (χ0v) is 13.6. The van der Waals surface area contributed by atoms with Crippen LogP contribution in [-0.2, 0) is 0 Å². The molecule has 4 rings (SSSR count). The normalized spacial score (nSPS) is 14.6. The number of hydrogen-bond donors (Lipinski definition) is 0. The van der Waals surface area contributed by atoms with Gasteiger partial charge in [0.25, 0.3) is 0 Å². The van der Waals surface area contributed by atoms with Crippen LogP contribution in [-0.4, -0.2) is 28.0 Å². The van der Waals surface area contributed by atoms with Crippen LogP contribution in [0.3, 0.4) is 0 Å². The molecule has 4 heteroatoms. The van der Waals surface area contributed by atoms with Gasteiger partial charge in [-0.25, -0.2) is 4.98 Å². The molecule has 1 fully saturated rings. The van der Waals surface area contributed by atoms with Gasteiger partial charge < -0.3 is 4.90 Å². The minimum Gasteiger partial charge on any atom is -0.371 e. The lowest BCUT2D eigenvalue weighted by molar-refractivity contribution is 0.578. The van der Waals surface area contributed by atoms with Crippen molar-refractivity contribution in [3.05, 3.63) is 60.9 Å². The highest BCUT2D eigenvalue weighted by Gasteiger charge is 2.15. The molecule has 0 aliphatic carbocycles. The van der Waals surface area contributed by atoms with Crippen LogP contribution in [0.15, 0.2) is 60.9 Å². The fourth-order valence-corrected chi connectivity index (χ4v) is 3.14. The predicted octanol–water partition coefficient (Wildman–Crippen LogP) is 4.20. The summed E-state index contributed by atoms with van der Waals surface area (Å²) < 4.78 is 0. The van der Waals surface area contributed by atoms with Crippen LogP contribution in [0.4, 0.5) is 5.69 Å². The molecule has 1 aliphatic heterocycles. The molecule has 0 unspecified atom stereocenters. The Kier molecular flexibility index (Phi) is 4.19. The number of rotatable bonds is 3. The highest BCUT2D eigenvalue weighted by molar-refractivity contribution is 5.69. The minimum absolute atomic E-state index is 0.897. The van der Waals surface area contributed by atoms with Crippen molar-refractivity contribution in [3.63, 3.8) is 0 Å². The van der Waals surface area contributed by atoms with E-state index in [9.17, 15) is 0 Å². The first-order chi connectivity index (χ1) is 11.9. The first kappa shape index (κ1) is 14.8. The fraction of sp³-hybridized carbons (Fsp3) is 0.250. The van der Waals surface area contributed by atoms with Crippen molar-refractivity contribution in [3.8, 4) is 22.8 Å². The van der Waals surface area contributed by atoms with Gasteiger partial charge in [0.05, 0.1) is 22.8 Å². The molecule has 0 N–H and O–H groups in total. The Bertz CT molecular complexity index is 739. The lowest BCUT2D eigenvalue weighted by Gasteiger charge is -2.29. The highest BCUT2D eigenvalue weighted by Crippen LogP contribution is 2.29. The molecule has 3 aromatic rings. The standard InChI is InChI=1S/C20H20N4/c1-6-12-24(13-7-1)16-14-19(17-8-2-4-10-21-17)23-20(15-16)18-9-3-5-11-22-18/h2-5,8-11,14-15H,1,6-7,12-13H2. The molecule has 0 amide bonds. The van der Waals surface area contributed by atoms with Crippen LogP contribution in [0.1, 0.15) is 19.3 Å². The summed E-state index contributed by atoms with van der Waals surface area (Å²) in [6.45, 7) is 2.21. The molecule has 0 spiro atoms. The van der Waals surface area contributed by atoms with Crippen LogP contribution in [0, 0.1) is 0 Å². The predicted molar refractivity (Wildman–Crippen MR) is 96.8 cm³/mol. The second-order valence-corrected chi connectivity index (χ2v) is 6.07. The number of pyridine rings is 3. The van der Waals surface area contributed by atoms with Crippen LogP contribution in [0.2, 0.25) is 0 Å². The van der Waals surface area contributed by atoms with Crippen molar-refractivity contribution in [2.75, 3.05) is 18.0 Å². The zero-order valence-electron chi connectivity index (χ0n) is 13.6. The van der Waals surface area contributed by atoms with Gasteiger partial charge >= 0.3 is 0 Å². The van der Waals surface area contributed by atoms with Gasteiger partial charge in [0.2, 0.25) is 0 Å². The molecule has 0 bridgehead atoms. The van der Waals surface area contributed by atoms with Crippen LogP contribution >= 0.6 is 0 Å². The Morgan fingerprint density at radius 2 is 1.25 bits per heavy atom. The van der Waals surface area contributed by atoms with Gasteiger partial charge in [-0.2, -0.15) is 0 Å². The summed E-state index contributed by atoms with van der Waals surface area (Å²) in [7, 11) is 0. The van der Waals surface area contributed by atoms with Crippen LogP contribution in [0.5, 0.6) is 0 Å². The van der Waals surface area contributed by atoms with Crippen LogP contribution < -0.4 is 4.90 Å². The van der Waals surface area contributed by atoms with E-state index < -0.39 is 0 Å². The van der Waals surface area contributed by atoms with Crippen molar-refractivity contribution < 1.29 is 0 Å². The van der Waals surface area contributed by atoms with E-state index in [1.54, 1.807) is 0 Å². The summed E-state index contributed by atoms with van der Waals surface area (Å²) >= 11 is 0. The summed E-state index contributed by atoms with van der Waals surface area (Å²) in [6.07, 6.45) is 7.44. The third-order valence-electron chi connectivity index (χ3n) is 4.39. The molecule has 0 atom stereocenters. The lowest BCUT2D eigenvalue weighted by Crippen LogP contribution is -2.29. The molecule has 4 heterocycles. The minimum atomic E-state index is 0.897. The van der Waals surface area contributed by atoms with E-state index in [1.165, 1.54) is 24.9 Å². The maximum Gasteiger partial charge on any atom is 0.0914 e. The monoisotopic (exact) mass is 316 g/mol. The number of hydrogen-bond acceptors (Lipinski definition) is 4. The topological polar surface area (TPSA) is 41.9 Å². The number of anilines is 1. The second-order valence-electron chi connectivity index (χ2n) is 6.07. The first-order valence-electron chi connectivity index (χ1n) is 8.50. The molecule has 24 heavy (non-hydrogen) atoms. The Balaban J connectivity index is 1.81. The third-order valence-corrected chi connectivity index (χ3v) is 4.39. The first-order valence-corrected chi connectivity index (χ1v) is 8.50.